The lowest BCUT2D eigenvalue weighted by atomic mass is 10.2. The number of benzene rings is 1. The van der Waals surface area contributed by atoms with Crippen LogP contribution in [-0.2, 0) is 0 Å². The summed E-state index contributed by atoms with van der Waals surface area (Å²) in [7, 11) is 1.52. The van der Waals surface area contributed by atoms with E-state index >= 15 is 0 Å². The minimum Gasteiger partial charge on any atom is -0.481 e. The van der Waals surface area contributed by atoms with Crippen LogP contribution >= 0.6 is 0 Å². The molecule has 1 aromatic carbocycles. The Labute approximate surface area is 129 Å². The smallest absolute Gasteiger partial charge is 0.272 e. The van der Waals surface area contributed by atoms with Crippen LogP contribution < -0.4 is 9.64 Å². The molecule has 0 radical (unpaired) electrons. The van der Waals surface area contributed by atoms with E-state index in [4.69, 9.17) is 4.74 Å². The summed E-state index contributed by atoms with van der Waals surface area (Å²) in [5.74, 6) is 0.328. The monoisotopic (exact) mass is 298 g/mol. The normalized spacial score (nSPS) is 14.8. The molecular weight excluding hydrogens is 280 g/mol. The molecule has 1 aliphatic rings. The van der Waals surface area contributed by atoms with E-state index in [1.807, 2.05) is 23.1 Å². The molecule has 0 atom stereocenters. The molecule has 1 aromatic heterocycles. The summed E-state index contributed by atoms with van der Waals surface area (Å²) in [4.78, 5) is 24.5. The van der Waals surface area contributed by atoms with Crippen LogP contribution in [0.5, 0.6) is 5.88 Å². The Bertz CT molecular complexity index is 640. The van der Waals surface area contributed by atoms with E-state index in [1.165, 1.54) is 19.1 Å². The van der Waals surface area contributed by atoms with E-state index in [9.17, 15) is 4.79 Å². The predicted molar refractivity (Wildman–Crippen MR) is 83.1 cm³/mol. The van der Waals surface area contributed by atoms with Gasteiger partial charge in [-0.15, -0.1) is 0 Å². The fraction of sp³-hybridized carbons (Fsp3) is 0.312. The van der Waals surface area contributed by atoms with E-state index in [0.717, 1.165) is 13.1 Å². The van der Waals surface area contributed by atoms with Gasteiger partial charge in [-0.3, -0.25) is 4.79 Å². The lowest BCUT2D eigenvalue weighted by Crippen LogP contribution is -2.49. The number of anilines is 1. The number of ether oxygens (including phenoxy) is 1. The average molecular weight is 298 g/mol. The van der Waals surface area contributed by atoms with Crippen molar-refractivity contribution in [3.05, 3.63) is 48.4 Å². The van der Waals surface area contributed by atoms with Gasteiger partial charge in [-0.1, -0.05) is 18.2 Å². The molecule has 1 fully saturated rings. The Balaban J connectivity index is 1.64. The molecule has 114 valence electrons. The van der Waals surface area contributed by atoms with Crippen molar-refractivity contribution in [2.24, 2.45) is 0 Å². The minimum absolute atomic E-state index is 0.0755. The maximum atomic E-state index is 12.5. The first-order chi connectivity index (χ1) is 10.8. The zero-order chi connectivity index (χ0) is 15.4. The van der Waals surface area contributed by atoms with Gasteiger partial charge in [-0.05, 0) is 12.1 Å². The van der Waals surface area contributed by atoms with Crippen LogP contribution in [0.4, 0.5) is 5.69 Å². The van der Waals surface area contributed by atoms with Gasteiger partial charge in [0, 0.05) is 37.9 Å². The molecule has 6 nitrogen and oxygen atoms in total. The number of nitrogens with zero attached hydrogens (tertiary/aromatic N) is 4. The minimum atomic E-state index is -0.0755. The molecule has 0 spiro atoms. The molecule has 2 aromatic rings. The predicted octanol–water partition coefficient (Wildman–Crippen LogP) is 1.45. The van der Waals surface area contributed by atoms with E-state index in [2.05, 4.69) is 27.0 Å². The topological polar surface area (TPSA) is 58.6 Å². The summed E-state index contributed by atoms with van der Waals surface area (Å²) in [6.45, 7) is 3.00. The van der Waals surface area contributed by atoms with Gasteiger partial charge in [0.1, 0.15) is 12.0 Å². The first-order valence-electron chi connectivity index (χ1n) is 7.23. The highest BCUT2D eigenvalue weighted by Crippen LogP contribution is 2.17. The second-order valence-corrected chi connectivity index (χ2v) is 5.06. The molecule has 1 amide bonds. The summed E-state index contributed by atoms with van der Waals surface area (Å²) in [5, 5.41) is 0. The first-order valence-corrected chi connectivity index (χ1v) is 7.23. The van der Waals surface area contributed by atoms with Crippen molar-refractivity contribution in [3.63, 3.8) is 0 Å². The number of rotatable bonds is 3. The maximum Gasteiger partial charge on any atom is 0.272 e. The molecule has 0 aliphatic carbocycles. The van der Waals surface area contributed by atoms with E-state index < -0.39 is 0 Å². The molecule has 6 heteroatoms. The average Bonchev–Trinajstić information content (AvgIpc) is 2.62. The highest BCUT2D eigenvalue weighted by Gasteiger charge is 2.23. The van der Waals surface area contributed by atoms with Crippen molar-refractivity contribution < 1.29 is 9.53 Å². The number of aromatic nitrogens is 2. The van der Waals surface area contributed by atoms with Gasteiger partial charge in [-0.25, -0.2) is 9.97 Å². The number of para-hydroxylation sites is 1. The number of hydrogen-bond acceptors (Lipinski definition) is 5. The third-order valence-corrected chi connectivity index (χ3v) is 3.76. The standard InChI is InChI=1S/C16H18N4O2/c1-22-15-11-14(17-12-18-15)16(21)20-9-7-19(8-10-20)13-5-3-2-4-6-13/h2-6,11-12H,7-10H2,1H3. The van der Waals surface area contributed by atoms with Crippen molar-refractivity contribution in [2.75, 3.05) is 38.2 Å². The van der Waals surface area contributed by atoms with Gasteiger partial charge in [0.15, 0.2) is 0 Å². The van der Waals surface area contributed by atoms with Crippen LogP contribution in [-0.4, -0.2) is 54.1 Å². The fourth-order valence-corrected chi connectivity index (χ4v) is 2.54. The number of amides is 1. The molecule has 0 saturated carbocycles. The Kier molecular flexibility index (Phi) is 4.18. The maximum absolute atomic E-state index is 12.5. The van der Waals surface area contributed by atoms with Crippen molar-refractivity contribution in [1.29, 1.82) is 0 Å². The largest absolute Gasteiger partial charge is 0.481 e. The summed E-state index contributed by atoms with van der Waals surface area (Å²) in [6.07, 6.45) is 1.35. The lowest BCUT2D eigenvalue weighted by Gasteiger charge is -2.36. The van der Waals surface area contributed by atoms with Crippen molar-refractivity contribution in [1.82, 2.24) is 14.9 Å². The van der Waals surface area contributed by atoms with Crippen LogP contribution in [0.25, 0.3) is 0 Å². The Morgan fingerprint density at radius 2 is 1.82 bits per heavy atom. The number of hydrogen-bond donors (Lipinski definition) is 0. The van der Waals surface area contributed by atoms with Gasteiger partial charge in [0.25, 0.3) is 5.91 Å². The molecule has 2 heterocycles. The molecule has 22 heavy (non-hydrogen) atoms. The van der Waals surface area contributed by atoms with Crippen molar-refractivity contribution in [3.8, 4) is 5.88 Å². The quantitative estimate of drug-likeness (QED) is 0.858. The van der Waals surface area contributed by atoms with Crippen LogP contribution in [0.15, 0.2) is 42.7 Å². The second kappa shape index (κ2) is 6.43. The second-order valence-electron chi connectivity index (χ2n) is 5.06. The third kappa shape index (κ3) is 3.00. The fourth-order valence-electron chi connectivity index (χ4n) is 2.54. The summed E-state index contributed by atoms with van der Waals surface area (Å²) in [6, 6.07) is 11.8. The SMILES string of the molecule is COc1cc(C(=O)N2CCN(c3ccccc3)CC2)ncn1. The van der Waals surface area contributed by atoms with Crippen LogP contribution in [0.3, 0.4) is 0 Å². The molecule has 0 unspecified atom stereocenters. The van der Waals surface area contributed by atoms with E-state index in [1.54, 1.807) is 6.07 Å². The van der Waals surface area contributed by atoms with Gasteiger partial charge in [0.05, 0.1) is 7.11 Å². The third-order valence-electron chi connectivity index (χ3n) is 3.76. The Morgan fingerprint density at radius 1 is 1.09 bits per heavy atom. The first kappa shape index (κ1) is 14.3. The number of carbonyl (C=O) groups is 1. The van der Waals surface area contributed by atoms with Crippen molar-refractivity contribution >= 4 is 11.6 Å². The van der Waals surface area contributed by atoms with E-state index in [-0.39, 0.29) is 5.91 Å². The van der Waals surface area contributed by atoms with E-state index in [0.29, 0.717) is 24.7 Å². The summed E-state index contributed by atoms with van der Waals surface area (Å²) >= 11 is 0. The number of piperazine rings is 1. The molecule has 0 N–H and O–H groups in total. The molecule has 3 rings (SSSR count). The van der Waals surface area contributed by atoms with Crippen LogP contribution in [0.1, 0.15) is 10.5 Å². The number of carbonyl (C=O) groups excluding carboxylic acids is 1. The van der Waals surface area contributed by atoms with Gasteiger partial charge in [-0.2, -0.15) is 0 Å². The van der Waals surface area contributed by atoms with Gasteiger partial charge >= 0.3 is 0 Å². The van der Waals surface area contributed by atoms with Crippen LogP contribution in [0, 0.1) is 0 Å². The zero-order valence-corrected chi connectivity index (χ0v) is 12.5. The molecule has 0 bridgehead atoms. The Hall–Kier alpha value is -2.63. The molecule has 1 saturated heterocycles. The summed E-state index contributed by atoms with van der Waals surface area (Å²) in [5.41, 5.74) is 1.57. The molecule has 1 aliphatic heterocycles. The highest BCUT2D eigenvalue weighted by molar-refractivity contribution is 5.92. The Morgan fingerprint density at radius 3 is 2.50 bits per heavy atom. The van der Waals surface area contributed by atoms with Gasteiger partial charge < -0.3 is 14.5 Å². The summed E-state index contributed by atoms with van der Waals surface area (Å²) < 4.78 is 5.04. The highest BCUT2D eigenvalue weighted by atomic mass is 16.5. The number of methoxy groups -OCH3 is 1. The van der Waals surface area contributed by atoms with Crippen LogP contribution in [0.2, 0.25) is 0 Å². The zero-order valence-electron chi connectivity index (χ0n) is 12.5. The lowest BCUT2D eigenvalue weighted by molar-refractivity contribution is 0.0740. The van der Waals surface area contributed by atoms with Crippen molar-refractivity contribution in [2.45, 2.75) is 0 Å². The van der Waals surface area contributed by atoms with Gasteiger partial charge in [0.2, 0.25) is 5.88 Å². The molecular formula is C16H18N4O2.